The molecule has 0 radical (unpaired) electrons. The van der Waals surface area contributed by atoms with Crippen molar-refractivity contribution in [3.05, 3.63) is 47.8 Å². The molecule has 0 aliphatic carbocycles. The number of anilines is 1. The van der Waals surface area contributed by atoms with Crippen molar-refractivity contribution >= 4 is 11.6 Å². The largest absolute Gasteiger partial charge is 0.384 e. The van der Waals surface area contributed by atoms with Crippen LogP contribution in [-0.4, -0.2) is 27.4 Å². The zero-order valence-corrected chi connectivity index (χ0v) is 12.0. The Bertz CT molecular complexity index is 681. The van der Waals surface area contributed by atoms with Gasteiger partial charge in [-0.1, -0.05) is 11.8 Å². The van der Waals surface area contributed by atoms with Crippen molar-refractivity contribution in [2.45, 2.75) is 19.9 Å². The minimum atomic E-state index is -0.380. The summed E-state index contributed by atoms with van der Waals surface area (Å²) in [5.41, 5.74) is 2.49. The smallest absolute Gasteiger partial charge is 0.248 e. The van der Waals surface area contributed by atoms with E-state index in [0.717, 1.165) is 11.1 Å². The highest BCUT2D eigenvalue weighted by Crippen LogP contribution is 2.16. The van der Waals surface area contributed by atoms with Crippen molar-refractivity contribution in [2.75, 3.05) is 11.9 Å². The molecule has 0 bridgehead atoms. The molecule has 1 aromatic carbocycles. The Labute approximate surface area is 123 Å². The molecule has 5 heteroatoms. The van der Waals surface area contributed by atoms with Crippen LogP contribution >= 0.6 is 0 Å². The average Bonchev–Trinajstić information content (AvgIpc) is 2.99. The van der Waals surface area contributed by atoms with Crippen LogP contribution < -0.4 is 5.32 Å². The first-order valence-corrected chi connectivity index (χ1v) is 6.62. The summed E-state index contributed by atoms with van der Waals surface area (Å²) in [5, 5.41) is 15.6. The van der Waals surface area contributed by atoms with Gasteiger partial charge in [0, 0.05) is 23.6 Å². The SMILES string of the molecule is Cc1cc(NC(=O)C(C)n2cccn2)ccc1C#CCO. The molecule has 0 fully saturated rings. The van der Waals surface area contributed by atoms with Crippen molar-refractivity contribution in [3.63, 3.8) is 0 Å². The summed E-state index contributed by atoms with van der Waals surface area (Å²) >= 11 is 0. The third kappa shape index (κ3) is 3.71. The third-order valence-electron chi connectivity index (χ3n) is 3.10. The predicted octanol–water partition coefficient (Wildman–Crippen LogP) is 1.74. The van der Waals surface area contributed by atoms with Crippen LogP contribution in [-0.2, 0) is 4.79 Å². The molecule has 0 saturated heterocycles. The first-order valence-electron chi connectivity index (χ1n) is 6.62. The molecule has 0 aliphatic rings. The summed E-state index contributed by atoms with van der Waals surface area (Å²) in [6.45, 7) is 3.53. The van der Waals surface area contributed by atoms with Gasteiger partial charge in [-0.3, -0.25) is 9.48 Å². The van der Waals surface area contributed by atoms with Crippen LogP contribution in [0.2, 0.25) is 0 Å². The van der Waals surface area contributed by atoms with Gasteiger partial charge in [-0.05, 0) is 43.7 Å². The number of aliphatic hydroxyl groups is 1. The zero-order chi connectivity index (χ0) is 15.2. The molecule has 0 spiro atoms. The highest BCUT2D eigenvalue weighted by molar-refractivity contribution is 5.93. The van der Waals surface area contributed by atoms with E-state index in [4.69, 9.17) is 5.11 Å². The van der Waals surface area contributed by atoms with Crippen LogP contribution in [0.5, 0.6) is 0 Å². The number of amides is 1. The Kier molecular flexibility index (Phi) is 4.75. The number of benzene rings is 1. The van der Waals surface area contributed by atoms with Gasteiger partial charge < -0.3 is 10.4 Å². The van der Waals surface area contributed by atoms with E-state index in [2.05, 4.69) is 22.3 Å². The van der Waals surface area contributed by atoms with Gasteiger partial charge in [-0.15, -0.1) is 0 Å². The summed E-state index contributed by atoms with van der Waals surface area (Å²) in [6, 6.07) is 6.88. The normalized spacial score (nSPS) is 11.4. The van der Waals surface area contributed by atoms with Gasteiger partial charge in [0.2, 0.25) is 5.91 Å². The lowest BCUT2D eigenvalue weighted by Gasteiger charge is -2.13. The van der Waals surface area contributed by atoms with Crippen molar-refractivity contribution in [2.24, 2.45) is 0 Å². The summed E-state index contributed by atoms with van der Waals surface area (Å²) < 4.78 is 1.60. The van der Waals surface area contributed by atoms with Gasteiger partial charge in [-0.25, -0.2) is 0 Å². The fourth-order valence-electron chi connectivity index (χ4n) is 1.89. The van der Waals surface area contributed by atoms with E-state index in [1.165, 1.54) is 0 Å². The van der Waals surface area contributed by atoms with Crippen molar-refractivity contribution in [1.29, 1.82) is 0 Å². The number of aryl methyl sites for hydroxylation is 1. The van der Waals surface area contributed by atoms with Crippen molar-refractivity contribution in [1.82, 2.24) is 9.78 Å². The van der Waals surface area contributed by atoms with E-state index < -0.39 is 0 Å². The fraction of sp³-hybridized carbons (Fsp3) is 0.250. The minimum absolute atomic E-state index is 0.132. The first kappa shape index (κ1) is 14.8. The Morgan fingerprint density at radius 1 is 1.52 bits per heavy atom. The molecule has 0 saturated carbocycles. The van der Waals surface area contributed by atoms with Crippen molar-refractivity contribution < 1.29 is 9.90 Å². The maximum atomic E-state index is 12.1. The van der Waals surface area contributed by atoms with Crippen molar-refractivity contribution in [3.8, 4) is 11.8 Å². The number of nitrogens with one attached hydrogen (secondary N) is 1. The molecule has 2 rings (SSSR count). The monoisotopic (exact) mass is 283 g/mol. The Morgan fingerprint density at radius 2 is 2.33 bits per heavy atom. The molecule has 1 amide bonds. The lowest BCUT2D eigenvalue weighted by atomic mass is 10.1. The first-order chi connectivity index (χ1) is 10.1. The molecule has 21 heavy (non-hydrogen) atoms. The molecule has 2 aromatic rings. The predicted molar refractivity (Wildman–Crippen MR) is 80.7 cm³/mol. The third-order valence-corrected chi connectivity index (χ3v) is 3.10. The van der Waals surface area contributed by atoms with Crippen LogP contribution in [0.1, 0.15) is 24.1 Å². The number of aromatic nitrogens is 2. The molecule has 2 N–H and O–H groups in total. The lowest BCUT2D eigenvalue weighted by Crippen LogP contribution is -2.24. The molecular formula is C16H17N3O2. The van der Waals surface area contributed by atoms with Gasteiger partial charge in [0.05, 0.1) is 0 Å². The minimum Gasteiger partial charge on any atom is -0.384 e. The van der Waals surface area contributed by atoms with Crippen LogP contribution in [0.15, 0.2) is 36.7 Å². The lowest BCUT2D eigenvalue weighted by molar-refractivity contribution is -0.119. The van der Waals surface area contributed by atoms with E-state index >= 15 is 0 Å². The fourth-order valence-corrected chi connectivity index (χ4v) is 1.89. The number of hydrogen-bond donors (Lipinski definition) is 2. The zero-order valence-electron chi connectivity index (χ0n) is 12.0. The molecule has 1 heterocycles. The van der Waals surface area contributed by atoms with E-state index in [9.17, 15) is 4.79 Å². The van der Waals surface area contributed by atoms with Crippen LogP contribution in [0, 0.1) is 18.8 Å². The van der Waals surface area contributed by atoms with Gasteiger partial charge in [0.25, 0.3) is 0 Å². The second-order valence-corrected chi connectivity index (χ2v) is 4.64. The molecule has 1 aromatic heterocycles. The molecule has 1 unspecified atom stereocenters. The maximum Gasteiger partial charge on any atom is 0.248 e. The van der Waals surface area contributed by atoms with Gasteiger partial charge >= 0.3 is 0 Å². The Balaban J connectivity index is 2.09. The Morgan fingerprint density at radius 3 is 2.95 bits per heavy atom. The number of carbonyl (C=O) groups is 1. The number of aliphatic hydroxyl groups excluding tert-OH is 1. The quantitative estimate of drug-likeness (QED) is 0.843. The molecule has 0 aliphatic heterocycles. The number of rotatable bonds is 3. The molecular weight excluding hydrogens is 266 g/mol. The number of nitrogens with zero attached hydrogens (tertiary/aromatic N) is 2. The standard InChI is InChI=1S/C16H17N3O2/c1-12-11-15(7-6-14(12)5-3-10-20)18-16(21)13(2)19-9-4-8-17-19/h4,6-9,11,13,20H,10H2,1-2H3,(H,18,21). The molecule has 1 atom stereocenters. The van der Waals surface area contributed by atoms with Gasteiger partial charge in [-0.2, -0.15) is 5.10 Å². The van der Waals surface area contributed by atoms with Crippen LogP contribution in [0.25, 0.3) is 0 Å². The van der Waals surface area contributed by atoms with E-state index in [-0.39, 0.29) is 18.6 Å². The van der Waals surface area contributed by atoms with E-state index in [1.54, 1.807) is 36.1 Å². The summed E-state index contributed by atoms with van der Waals surface area (Å²) in [4.78, 5) is 12.1. The highest BCUT2D eigenvalue weighted by atomic mass is 16.2. The number of hydrogen-bond acceptors (Lipinski definition) is 3. The van der Waals surface area contributed by atoms with E-state index in [1.807, 2.05) is 19.1 Å². The molecule has 108 valence electrons. The second kappa shape index (κ2) is 6.73. The topological polar surface area (TPSA) is 67.2 Å². The summed E-state index contributed by atoms with van der Waals surface area (Å²) in [5.74, 6) is 5.34. The average molecular weight is 283 g/mol. The van der Waals surface area contributed by atoms with Crippen LogP contribution in [0.3, 0.4) is 0 Å². The highest BCUT2D eigenvalue weighted by Gasteiger charge is 2.15. The number of carbonyl (C=O) groups excluding carboxylic acids is 1. The van der Waals surface area contributed by atoms with Gasteiger partial charge in [0.15, 0.2) is 0 Å². The molecule has 5 nitrogen and oxygen atoms in total. The Hall–Kier alpha value is -2.58. The summed E-state index contributed by atoms with van der Waals surface area (Å²) in [6.07, 6.45) is 3.39. The van der Waals surface area contributed by atoms with Gasteiger partial charge in [0.1, 0.15) is 12.6 Å². The van der Waals surface area contributed by atoms with Crippen LogP contribution in [0.4, 0.5) is 5.69 Å². The van der Waals surface area contributed by atoms with E-state index in [0.29, 0.717) is 5.69 Å². The summed E-state index contributed by atoms with van der Waals surface area (Å²) in [7, 11) is 0. The second-order valence-electron chi connectivity index (χ2n) is 4.64. The maximum absolute atomic E-state index is 12.1.